The molecule has 3 aromatic heterocycles. The van der Waals surface area contributed by atoms with Crippen LogP contribution in [0.2, 0.25) is 0 Å². The zero-order valence-corrected chi connectivity index (χ0v) is 19.1. The van der Waals surface area contributed by atoms with Crippen LogP contribution in [0.3, 0.4) is 0 Å². The molecule has 1 aliphatic heterocycles. The molecule has 0 bridgehead atoms. The van der Waals surface area contributed by atoms with E-state index in [2.05, 4.69) is 28.7 Å². The van der Waals surface area contributed by atoms with Crippen LogP contribution in [0.5, 0.6) is 5.75 Å². The van der Waals surface area contributed by atoms with Crippen LogP contribution >= 0.6 is 23.1 Å². The van der Waals surface area contributed by atoms with Crippen LogP contribution in [0.1, 0.15) is 20.3 Å². The Bertz CT molecular complexity index is 1140. The van der Waals surface area contributed by atoms with E-state index in [1.54, 1.807) is 30.8 Å². The molecule has 156 valence electrons. The summed E-state index contributed by atoms with van der Waals surface area (Å²) in [5.74, 6) is 4.70. The summed E-state index contributed by atoms with van der Waals surface area (Å²) in [6.45, 7) is 6.23. The number of thioether (sulfide) groups is 1. The molecule has 0 saturated carbocycles. The van der Waals surface area contributed by atoms with Gasteiger partial charge in [-0.05, 0) is 12.1 Å². The first kappa shape index (κ1) is 20.8. The van der Waals surface area contributed by atoms with Crippen LogP contribution in [0.15, 0.2) is 36.7 Å². The molecular weight excluding hydrogens is 414 g/mol. The van der Waals surface area contributed by atoms with Crippen molar-refractivity contribution in [3.8, 4) is 17.1 Å². The van der Waals surface area contributed by atoms with Gasteiger partial charge in [0.25, 0.3) is 0 Å². The summed E-state index contributed by atoms with van der Waals surface area (Å²) in [6.07, 6.45) is 4.70. The fourth-order valence-electron chi connectivity index (χ4n) is 3.23. The van der Waals surface area contributed by atoms with Crippen LogP contribution < -0.4 is 9.64 Å². The SMILES string of the molecule is CCC.COc1cccc(-c2nc(N3CCSCC3)c3sc4nccnc4c3n2)c1. The molecule has 1 aromatic carbocycles. The molecule has 5 rings (SSSR count). The molecule has 1 aliphatic rings. The molecule has 1 fully saturated rings. The van der Waals surface area contributed by atoms with Gasteiger partial charge in [0.15, 0.2) is 11.6 Å². The highest BCUT2D eigenvalue weighted by molar-refractivity contribution is 7.99. The maximum absolute atomic E-state index is 5.38. The molecule has 0 atom stereocenters. The number of hydrogen-bond acceptors (Lipinski definition) is 8. The van der Waals surface area contributed by atoms with Gasteiger partial charge in [0, 0.05) is 42.6 Å². The summed E-state index contributed by atoms with van der Waals surface area (Å²) in [7, 11) is 1.67. The van der Waals surface area contributed by atoms with Crippen molar-refractivity contribution in [2.24, 2.45) is 0 Å². The fraction of sp³-hybridized carbons (Fsp3) is 0.364. The van der Waals surface area contributed by atoms with Gasteiger partial charge in [-0.1, -0.05) is 32.4 Å². The van der Waals surface area contributed by atoms with Crippen LogP contribution in [0, 0.1) is 0 Å². The Hall–Kier alpha value is -2.45. The third-order valence-electron chi connectivity index (χ3n) is 4.57. The van der Waals surface area contributed by atoms with Crippen LogP contribution in [-0.2, 0) is 0 Å². The first-order valence-electron chi connectivity index (χ1n) is 10.1. The number of ether oxygens (including phenoxy) is 1. The quantitative estimate of drug-likeness (QED) is 0.430. The Morgan fingerprint density at radius 3 is 2.57 bits per heavy atom. The van der Waals surface area contributed by atoms with Gasteiger partial charge in [0.1, 0.15) is 21.6 Å². The van der Waals surface area contributed by atoms with Crippen molar-refractivity contribution >= 4 is 49.5 Å². The number of aromatic nitrogens is 4. The van der Waals surface area contributed by atoms with E-state index < -0.39 is 0 Å². The largest absolute Gasteiger partial charge is 0.497 e. The third kappa shape index (κ3) is 4.20. The second-order valence-corrected chi connectivity index (χ2v) is 9.12. The number of benzene rings is 1. The van der Waals surface area contributed by atoms with Crippen molar-refractivity contribution in [1.82, 2.24) is 19.9 Å². The number of thiophene rings is 1. The second kappa shape index (κ2) is 9.57. The van der Waals surface area contributed by atoms with E-state index in [0.717, 1.165) is 62.3 Å². The minimum atomic E-state index is 0.694. The monoisotopic (exact) mass is 439 g/mol. The molecule has 0 unspecified atom stereocenters. The third-order valence-corrected chi connectivity index (χ3v) is 6.59. The summed E-state index contributed by atoms with van der Waals surface area (Å²) in [5.41, 5.74) is 2.66. The summed E-state index contributed by atoms with van der Waals surface area (Å²) in [6, 6.07) is 7.87. The van der Waals surface area contributed by atoms with Crippen molar-refractivity contribution in [1.29, 1.82) is 0 Å². The van der Waals surface area contributed by atoms with Crippen molar-refractivity contribution in [3.63, 3.8) is 0 Å². The molecule has 6 nitrogen and oxygen atoms in total. The molecule has 0 amide bonds. The predicted molar refractivity (Wildman–Crippen MR) is 128 cm³/mol. The summed E-state index contributed by atoms with van der Waals surface area (Å²) < 4.78 is 6.44. The molecule has 0 spiro atoms. The minimum Gasteiger partial charge on any atom is -0.497 e. The Kier molecular flexibility index (Phi) is 6.64. The number of hydrogen-bond donors (Lipinski definition) is 0. The average Bonchev–Trinajstić information content (AvgIpc) is 3.18. The smallest absolute Gasteiger partial charge is 0.162 e. The summed E-state index contributed by atoms with van der Waals surface area (Å²) >= 11 is 3.61. The van der Waals surface area contributed by atoms with E-state index in [-0.39, 0.29) is 0 Å². The Balaban J connectivity index is 0.000000687. The molecule has 4 aromatic rings. The van der Waals surface area contributed by atoms with E-state index in [1.807, 2.05) is 36.0 Å². The number of anilines is 1. The highest BCUT2D eigenvalue weighted by Crippen LogP contribution is 2.38. The Morgan fingerprint density at radius 2 is 1.80 bits per heavy atom. The second-order valence-electron chi connectivity index (χ2n) is 6.90. The lowest BCUT2D eigenvalue weighted by atomic mass is 10.2. The maximum Gasteiger partial charge on any atom is 0.162 e. The first-order chi connectivity index (χ1) is 14.7. The van der Waals surface area contributed by atoms with Gasteiger partial charge < -0.3 is 9.64 Å². The van der Waals surface area contributed by atoms with Crippen molar-refractivity contribution in [2.45, 2.75) is 20.3 Å². The first-order valence-corrected chi connectivity index (χ1v) is 12.1. The van der Waals surface area contributed by atoms with Crippen molar-refractivity contribution in [3.05, 3.63) is 36.7 Å². The van der Waals surface area contributed by atoms with Crippen LogP contribution in [0.25, 0.3) is 32.0 Å². The number of fused-ring (bicyclic) bond motifs is 3. The van der Waals surface area contributed by atoms with Gasteiger partial charge in [0.05, 0.1) is 11.8 Å². The van der Waals surface area contributed by atoms with E-state index in [4.69, 9.17) is 14.7 Å². The van der Waals surface area contributed by atoms with Gasteiger partial charge in [-0.3, -0.25) is 0 Å². The Labute approximate surface area is 184 Å². The molecule has 0 radical (unpaired) electrons. The van der Waals surface area contributed by atoms with Crippen molar-refractivity contribution in [2.75, 3.05) is 36.6 Å². The van der Waals surface area contributed by atoms with E-state index in [9.17, 15) is 0 Å². The molecule has 0 aliphatic carbocycles. The van der Waals surface area contributed by atoms with E-state index in [1.165, 1.54) is 6.42 Å². The van der Waals surface area contributed by atoms with Gasteiger partial charge in [0.2, 0.25) is 0 Å². The zero-order chi connectivity index (χ0) is 20.9. The van der Waals surface area contributed by atoms with Crippen molar-refractivity contribution < 1.29 is 4.74 Å². The molecule has 4 heterocycles. The van der Waals surface area contributed by atoms with Gasteiger partial charge in [-0.2, -0.15) is 11.8 Å². The van der Waals surface area contributed by atoms with Gasteiger partial charge >= 0.3 is 0 Å². The molecule has 0 N–H and O–H groups in total. The lowest BCUT2D eigenvalue weighted by Gasteiger charge is -2.28. The summed E-state index contributed by atoms with van der Waals surface area (Å²) in [4.78, 5) is 22.1. The number of nitrogens with zero attached hydrogens (tertiary/aromatic N) is 5. The lowest BCUT2D eigenvalue weighted by Crippen LogP contribution is -2.33. The van der Waals surface area contributed by atoms with E-state index in [0.29, 0.717) is 5.82 Å². The standard InChI is InChI=1S/C19H17N5OS2.C3H8/c1-25-13-4-2-3-12(11-13)17-22-14-15-19(21-6-5-20-15)27-16(14)18(23-17)24-7-9-26-10-8-24;1-3-2/h2-6,11H,7-10H2,1H3;3H2,1-2H3. The van der Waals surface area contributed by atoms with Crippen LogP contribution in [-0.4, -0.2) is 51.6 Å². The highest BCUT2D eigenvalue weighted by Gasteiger charge is 2.22. The predicted octanol–water partition coefficient (Wildman–Crippen LogP) is 5.28. The molecular formula is C22H25N5OS2. The fourth-order valence-corrected chi connectivity index (χ4v) is 5.19. The highest BCUT2D eigenvalue weighted by atomic mass is 32.2. The Morgan fingerprint density at radius 1 is 1.03 bits per heavy atom. The van der Waals surface area contributed by atoms with Crippen LogP contribution in [0.4, 0.5) is 5.82 Å². The topological polar surface area (TPSA) is 64.0 Å². The molecule has 30 heavy (non-hydrogen) atoms. The molecule has 8 heteroatoms. The average molecular weight is 440 g/mol. The van der Waals surface area contributed by atoms with E-state index >= 15 is 0 Å². The van der Waals surface area contributed by atoms with Gasteiger partial charge in [-0.25, -0.2) is 19.9 Å². The number of rotatable bonds is 3. The lowest BCUT2D eigenvalue weighted by molar-refractivity contribution is 0.415. The zero-order valence-electron chi connectivity index (χ0n) is 17.5. The normalized spacial score (nSPS) is 13.9. The molecule has 1 saturated heterocycles. The van der Waals surface area contributed by atoms with Gasteiger partial charge in [-0.15, -0.1) is 11.3 Å². The summed E-state index contributed by atoms with van der Waals surface area (Å²) in [5, 5.41) is 0. The minimum absolute atomic E-state index is 0.694. The maximum atomic E-state index is 5.38. The number of methoxy groups -OCH3 is 1.